The highest BCUT2D eigenvalue weighted by molar-refractivity contribution is 9.10. The fourth-order valence-electron chi connectivity index (χ4n) is 2.08. The second-order valence-corrected chi connectivity index (χ2v) is 5.56. The lowest BCUT2D eigenvalue weighted by atomic mass is 10.1. The van der Waals surface area contributed by atoms with E-state index >= 15 is 0 Å². The van der Waals surface area contributed by atoms with E-state index in [1.54, 1.807) is 31.2 Å². The summed E-state index contributed by atoms with van der Waals surface area (Å²) in [6, 6.07) is 10.1. The van der Waals surface area contributed by atoms with Crippen molar-refractivity contribution in [1.82, 2.24) is 4.90 Å². The molecule has 2 aromatic rings. The molecule has 0 radical (unpaired) electrons. The zero-order valence-electron chi connectivity index (χ0n) is 11.6. The van der Waals surface area contributed by atoms with E-state index in [0.29, 0.717) is 10.0 Å². The highest BCUT2D eigenvalue weighted by Crippen LogP contribution is 2.26. The number of nitrogens with zero attached hydrogens (tertiary/aromatic N) is 1. The van der Waals surface area contributed by atoms with Crippen molar-refractivity contribution in [3.05, 3.63) is 69.7 Å². The molecule has 0 bridgehead atoms. The van der Waals surface area contributed by atoms with Crippen molar-refractivity contribution in [2.75, 3.05) is 7.05 Å². The van der Waals surface area contributed by atoms with Crippen LogP contribution in [0.5, 0.6) is 0 Å². The van der Waals surface area contributed by atoms with Crippen LogP contribution >= 0.6 is 15.9 Å². The lowest BCUT2D eigenvalue weighted by Crippen LogP contribution is -2.31. The molecule has 0 aliphatic rings. The fraction of sp³-hybridized carbons (Fsp3) is 0.188. The van der Waals surface area contributed by atoms with Crippen molar-refractivity contribution in [2.45, 2.75) is 13.0 Å². The molecular weight excluding hydrogens is 340 g/mol. The van der Waals surface area contributed by atoms with Gasteiger partial charge in [-0.1, -0.05) is 24.3 Å². The second kappa shape index (κ2) is 6.35. The number of amides is 1. The standard InChI is InChI=1S/C16H14BrF2NO/c1-10(11-6-3-4-8-13(11)18)20(2)16(21)15-12(17)7-5-9-14(15)19/h3-10H,1-2H3. The zero-order chi connectivity index (χ0) is 15.6. The summed E-state index contributed by atoms with van der Waals surface area (Å²) in [6.07, 6.45) is 0. The van der Waals surface area contributed by atoms with Crippen LogP contribution in [0.2, 0.25) is 0 Å². The van der Waals surface area contributed by atoms with Gasteiger partial charge in [0, 0.05) is 17.1 Å². The van der Waals surface area contributed by atoms with Crippen LogP contribution in [-0.2, 0) is 0 Å². The van der Waals surface area contributed by atoms with Gasteiger partial charge >= 0.3 is 0 Å². The van der Waals surface area contributed by atoms with Gasteiger partial charge in [0.2, 0.25) is 0 Å². The maximum absolute atomic E-state index is 13.9. The molecular formula is C16H14BrF2NO. The van der Waals surface area contributed by atoms with Crippen LogP contribution in [0.25, 0.3) is 0 Å². The molecule has 0 aliphatic heterocycles. The van der Waals surface area contributed by atoms with Gasteiger partial charge in [-0.2, -0.15) is 0 Å². The molecule has 0 saturated carbocycles. The van der Waals surface area contributed by atoms with E-state index in [0.717, 1.165) is 0 Å². The Balaban J connectivity index is 2.34. The Morgan fingerprint density at radius 2 is 1.71 bits per heavy atom. The number of hydrogen-bond acceptors (Lipinski definition) is 1. The van der Waals surface area contributed by atoms with Crippen molar-refractivity contribution in [1.29, 1.82) is 0 Å². The van der Waals surface area contributed by atoms with Gasteiger partial charge in [-0.05, 0) is 41.1 Å². The Hall–Kier alpha value is -1.75. The van der Waals surface area contributed by atoms with Crippen LogP contribution in [0.1, 0.15) is 28.9 Å². The Morgan fingerprint density at radius 3 is 2.33 bits per heavy atom. The third-order valence-electron chi connectivity index (χ3n) is 3.43. The molecule has 0 fully saturated rings. The first-order valence-corrected chi connectivity index (χ1v) is 7.18. The van der Waals surface area contributed by atoms with Crippen LogP contribution in [0.4, 0.5) is 8.78 Å². The molecule has 0 aliphatic carbocycles. The zero-order valence-corrected chi connectivity index (χ0v) is 13.2. The largest absolute Gasteiger partial charge is 0.335 e. The fourth-order valence-corrected chi connectivity index (χ4v) is 2.59. The van der Waals surface area contributed by atoms with Crippen LogP contribution in [0.15, 0.2) is 46.9 Å². The van der Waals surface area contributed by atoms with Crippen LogP contribution in [-0.4, -0.2) is 17.9 Å². The molecule has 21 heavy (non-hydrogen) atoms. The topological polar surface area (TPSA) is 20.3 Å². The summed E-state index contributed by atoms with van der Waals surface area (Å²) in [4.78, 5) is 13.8. The van der Waals surface area contributed by atoms with Gasteiger partial charge in [0.25, 0.3) is 5.91 Å². The molecule has 0 heterocycles. The van der Waals surface area contributed by atoms with E-state index in [2.05, 4.69) is 15.9 Å². The molecule has 0 saturated heterocycles. The summed E-state index contributed by atoms with van der Waals surface area (Å²) in [5.41, 5.74) is 0.337. The van der Waals surface area contributed by atoms with Crippen molar-refractivity contribution in [3.8, 4) is 0 Å². The average Bonchev–Trinajstić information content (AvgIpc) is 2.46. The molecule has 2 nitrogen and oxygen atoms in total. The van der Waals surface area contributed by atoms with E-state index < -0.39 is 23.6 Å². The molecule has 0 spiro atoms. The molecule has 2 rings (SSSR count). The first-order chi connectivity index (χ1) is 9.93. The Labute approximate surface area is 130 Å². The molecule has 5 heteroatoms. The third-order valence-corrected chi connectivity index (χ3v) is 4.09. The average molecular weight is 354 g/mol. The Kier molecular flexibility index (Phi) is 4.73. The van der Waals surface area contributed by atoms with E-state index in [-0.39, 0.29) is 5.56 Å². The summed E-state index contributed by atoms with van der Waals surface area (Å²) in [7, 11) is 1.53. The van der Waals surface area contributed by atoms with Crippen LogP contribution in [0.3, 0.4) is 0 Å². The Morgan fingerprint density at radius 1 is 1.10 bits per heavy atom. The maximum Gasteiger partial charge on any atom is 0.258 e. The number of hydrogen-bond donors (Lipinski definition) is 0. The van der Waals surface area contributed by atoms with Crippen molar-refractivity contribution < 1.29 is 13.6 Å². The van der Waals surface area contributed by atoms with E-state index in [4.69, 9.17) is 0 Å². The number of carbonyl (C=O) groups is 1. The number of halogens is 3. The minimum Gasteiger partial charge on any atom is -0.335 e. The van der Waals surface area contributed by atoms with Gasteiger partial charge in [0.1, 0.15) is 11.6 Å². The minimum absolute atomic E-state index is 0.0526. The molecule has 1 atom stereocenters. The first kappa shape index (κ1) is 15.6. The molecule has 0 aromatic heterocycles. The normalized spacial score (nSPS) is 12.0. The number of carbonyl (C=O) groups excluding carboxylic acids is 1. The quantitative estimate of drug-likeness (QED) is 0.791. The van der Waals surface area contributed by atoms with E-state index in [1.807, 2.05) is 0 Å². The van der Waals surface area contributed by atoms with E-state index in [1.165, 1.54) is 30.1 Å². The van der Waals surface area contributed by atoms with Gasteiger partial charge in [-0.15, -0.1) is 0 Å². The predicted octanol–water partition coefficient (Wildman–Crippen LogP) is 4.56. The van der Waals surface area contributed by atoms with Crippen molar-refractivity contribution in [2.24, 2.45) is 0 Å². The summed E-state index contributed by atoms with van der Waals surface area (Å²) < 4.78 is 28.0. The van der Waals surface area contributed by atoms with Gasteiger partial charge in [0.05, 0.1) is 11.6 Å². The number of benzene rings is 2. The van der Waals surface area contributed by atoms with E-state index in [9.17, 15) is 13.6 Å². The highest BCUT2D eigenvalue weighted by Gasteiger charge is 2.24. The monoisotopic (exact) mass is 353 g/mol. The van der Waals surface area contributed by atoms with Crippen molar-refractivity contribution in [3.63, 3.8) is 0 Å². The van der Waals surface area contributed by atoms with Gasteiger partial charge in [-0.25, -0.2) is 8.78 Å². The van der Waals surface area contributed by atoms with Crippen LogP contribution < -0.4 is 0 Å². The molecule has 1 amide bonds. The molecule has 1 unspecified atom stereocenters. The number of rotatable bonds is 3. The maximum atomic E-state index is 13.9. The Bertz CT molecular complexity index is 655. The summed E-state index contributed by atoms with van der Waals surface area (Å²) in [6.45, 7) is 1.70. The first-order valence-electron chi connectivity index (χ1n) is 6.39. The predicted molar refractivity (Wildman–Crippen MR) is 81.0 cm³/mol. The lowest BCUT2D eigenvalue weighted by molar-refractivity contribution is 0.0734. The third kappa shape index (κ3) is 3.13. The second-order valence-electron chi connectivity index (χ2n) is 4.71. The SMILES string of the molecule is CC(c1ccccc1F)N(C)C(=O)c1c(F)cccc1Br. The molecule has 110 valence electrons. The summed E-state index contributed by atoms with van der Waals surface area (Å²) in [5, 5.41) is 0. The van der Waals surface area contributed by atoms with Crippen molar-refractivity contribution >= 4 is 21.8 Å². The molecule has 2 aromatic carbocycles. The van der Waals surface area contributed by atoms with Gasteiger partial charge in [0.15, 0.2) is 0 Å². The van der Waals surface area contributed by atoms with Crippen LogP contribution in [0, 0.1) is 11.6 Å². The molecule has 0 N–H and O–H groups in total. The van der Waals surface area contributed by atoms with Gasteiger partial charge < -0.3 is 4.90 Å². The smallest absolute Gasteiger partial charge is 0.258 e. The summed E-state index contributed by atoms with van der Waals surface area (Å²) >= 11 is 3.17. The minimum atomic E-state index is -0.609. The highest BCUT2D eigenvalue weighted by atomic mass is 79.9. The lowest BCUT2D eigenvalue weighted by Gasteiger charge is -2.26. The summed E-state index contributed by atoms with van der Waals surface area (Å²) in [5.74, 6) is -1.50. The van der Waals surface area contributed by atoms with Gasteiger partial charge in [-0.3, -0.25) is 4.79 Å².